The van der Waals surface area contributed by atoms with Crippen molar-refractivity contribution in [3.05, 3.63) is 29.6 Å². The van der Waals surface area contributed by atoms with E-state index in [0.717, 1.165) is 5.56 Å². The lowest BCUT2D eigenvalue weighted by Gasteiger charge is -2.25. The third kappa shape index (κ3) is 1.54. The zero-order valence-corrected chi connectivity index (χ0v) is 9.34. The maximum atomic E-state index is 13.0. The normalized spacial score (nSPS) is 22.4. The van der Waals surface area contributed by atoms with Gasteiger partial charge in [-0.1, -0.05) is 13.0 Å². The Labute approximate surface area is 93.6 Å². The predicted octanol–water partition coefficient (Wildman–Crippen LogP) is 2.12. The van der Waals surface area contributed by atoms with Crippen molar-refractivity contribution in [1.82, 2.24) is 0 Å². The molecule has 0 saturated carbocycles. The lowest BCUT2D eigenvalue weighted by Crippen LogP contribution is -2.45. The lowest BCUT2D eigenvalue weighted by molar-refractivity contribution is -0.145. The average Bonchev–Trinajstić information content (AvgIpc) is 2.67. The van der Waals surface area contributed by atoms with Crippen molar-refractivity contribution in [2.45, 2.75) is 25.3 Å². The molecule has 1 aromatic rings. The monoisotopic (exact) mass is 223 g/mol. The number of carbonyl (C=O) groups excluding carboxylic acids is 1. The highest BCUT2D eigenvalue weighted by Gasteiger charge is 2.43. The quantitative estimate of drug-likeness (QED) is 0.780. The lowest BCUT2D eigenvalue weighted by atomic mass is 9.92. The van der Waals surface area contributed by atoms with Crippen LogP contribution in [0, 0.1) is 5.82 Å². The van der Waals surface area contributed by atoms with Crippen LogP contribution in [0.1, 0.15) is 18.9 Å². The van der Waals surface area contributed by atoms with Crippen LogP contribution < -0.4 is 5.32 Å². The smallest absolute Gasteiger partial charge is 0.331 e. The van der Waals surface area contributed by atoms with E-state index in [4.69, 9.17) is 4.74 Å². The topological polar surface area (TPSA) is 38.3 Å². The van der Waals surface area contributed by atoms with Gasteiger partial charge in [-0.25, -0.2) is 9.18 Å². The summed E-state index contributed by atoms with van der Waals surface area (Å²) in [5.74, 6) is -0.602. The Hall–Kier alpha value is -1.58. The molecule has 0 radical (unpaired) electrons. The molecule has 0 bridgehead atoms. The Morgan fingerprint density at radius 3 is 3.00 bits per heavy atom. The van der Waals surface area contributed by atoms with Crippen LogP contribution in [0.3, 0.4) is 0 Å². The fourth-order valence-corrected chi connectivity index (χ4v) is 2.12. The minimum Gasteiger partial charge on any atom is -0.467 e. The summed E-state index contributed by atoms with van der Waals surface area (Å²) >= 11 is 0. The minimum absolute atomic E-state index is 0.299. The Balaban J connectivity index is 2.35. The van der Waals surface area contributed by atoms with Gasteiger partial charge in [-0.15, -0.1) is 0 Å². The second-order valence-corrected chi connectivity index (χ2v) is 4.03. The second kappa shape index (κ2) is 3.77. The van der Waals surface area contributed by atoms with E-state index in [0.29, 0.717) is 18.5 Å². The molecule has 3 nitrogen and oxygen atoms in total. The molecule has 0 spiro atoms. The molecule has 1 N–H and O–H groups in total. The minimum atomic E-state index is -0.731. The Bertz CT molecular complexity index is 433. The maximum Gasteiger partial charge on any atom is 0.331 e. The summed E-state index contributed by atoms with van der Waals surface area (Å²) in [5.41, 5.74) is 0.908. The zero-order valence-electron chi connectivity index (χ0n) is 9.34. The third-order valence-electron chi connectivity index (χ3n) is 3.12. The molecule has 0 fully saturated rings. The van der Waals surface area contributed by atoms with Gasteiger partial charge in [0.05, 0.1) is 7.11 Å². The van der Waals surface area contributed by atoms with Crippen LogP contribution >= 0.6 is 0 Å². The first-order valence-corrected chi connectivity index (χ1v) is 5.26. The molecule has 1 atom stereocenters. The predicted molar refractivity (Wildman–Crippen MR) is 58.8 cm³/mol. The highest BCUT2D eigenvalue weighted by Crippen LogP contribution is 2.35. The van der Waals surface area contributed by atoms with E-state index in [-0.39, 0.29) is 11.8 Å². The number of anilines is 1. The number of methoxy groups -OCH3 is 1. The van der Waals surface area contributed by atoms with Gasteiger partial charge in [-0.05, 0) is 24.1 Å². The first-order chi connectivity index (χ1) is 7.61. The first kappa shape index (κ1) is 10.9. The number of hydrogen-bond acceptors (Lipinski definition) is 3. The highest BCUT2D eigenvalue weighted by molar-refractivity contribution is 5.87. The van der Waals surface area contributed by atoms with E-state index >= 15 is 0 Å². The number of esters is 1. The summed E-state index contributed by atoms with van der Waals surface area (Å²) in [6, 6.07) is 4.53. The Morgan fingerprint density at radius 1 is 1.62 bits per heavy atom. The van der Waals surface area contributed by atoms with Gasteiger partial charge in [0.2, 0.25) is 0 Å². The molecule has 86 valence electrons. The fraction of sp³-hybridized carbons (Fsp3) is 0.417. The molecular weight excluding hydrogens is 209 g/mol. The van der Waals surface area contributed by atoms with E-state index in [1.807, 2.05) is 6.92 Å². The van der Waals surface area contributed by atoms with Gasteiger partial charge in [0, 0.05) is 12.1 Å². The number of hydrogen-bond donors (Lipinski definition) is 1. The largest absolute Gasteiger partial charge is 0.467 e. The summed E-state index contributed by atoms with van der Waals surface area (Å²) in [7, 11) is 1.37. The summed E-state index contributed by atoms with van der Waals surface area (Å²) < 4.78 is 17.8. The van der Waals surface area contributed by atoms with Crippen LogP contribution in [0.4, 0.5) is 10.1 Å². The highest BCUT2D eigenvalue weighted by atomic mass is 19.1. The SMILES string of the molecule is CCC1(C(=O)OC)Cc2ccc(F)cc2N1. The van der Waals surface area contributed by atoms with E-state index in [1.165, 1.54) is 19.2 Å². The van der Waals surface area contributed by atoms with Gasteiger partial charge in [0.1, 0.15) is 11.4 Å². The third-order valence-corrected chi connectivity index (χ3v) is 3.12. The van der Waals surface area contributed by atoms with Crippen LogP contribution in [0.5, 0.6) is 0 Å². The molecule has 0 aliphatic carbocycles. The van der Waals surface area contributed by atoms with Gasteiger partial charge in [0.25, 0.3) is 0 Å². The van der Waals surface area contributed by atoms with E-state index < -0.39 is 5.54 Å². The molecule has 1 aromatic carbocycles. The van der Waals surface area contributed by atoms with Crippen LogP contribution in [-0.2, 0) is 16.0 Å². The zero-order chi connectivity index (χ0) is 11.8. The van der Waals surface area contributed by atoms with Crippen LogP contribution in [-0.4, -0.2) is 18.6 Å². The van der Waals surface area contributed by atoms with Crippen molar-refractivity contribution in [2.24, 2.45) is 0 Å². The van der Waals surface area contributed by atoms with E-state index in [1.54, 1.807) is 6.07 Å². The fourth-order valence-electron chi connectivity index (χ4n) is 2.12. The van der Waals surface area contributed by atoms with E-state index in [9.17, 15) is 9.18 Å². The number of fused-ring (bicyclic) bond motifs is 1. The molecule has 4 heteroatoms. The molecular formula is C12H14FNO2. The number of ether oxygens (including phenoxy) is 1. The van der Waals surface area contributed by atoms with Crippen molar-refractivity contribution >= 4 is 11.7 Å². The molecule has 0 aromatic heterocycles. The number of carbonyl (C=O) groups is 1. The summed E-state index contributed by atoms with van der Waals surface area (Å²) in [6.07, 6.45) is 1.15. The summed E-state index contributed by atoms with van der Waals surface area (Å²) in [4.78, 5) is 11.7. The van der Waals surface area contributed by atoms with Crippen LogP contribution in [0.25, 0.3) is 0 Å². The Morgan fingerprint density at radius 2 is 2.38 bits per heavy atom. The number of rotatable bonds is 2. The van der Waals surface area contributed by atoms with Crippen LogP contribution in [0.15, 0.2) is 18.2 Å². The number of halogens is 1. The van der Waals surface area contributed by atoms with Gasteiger partial charge in [-0.3, -0.25) is 0 Å². The first-order valence-electron chi connectivity index (χ1n) is 5.26. The molecule has 0 saturated heterocycles. The molecule has 1 aliphatic rings. The van der Waals surface area contributed by atoms with Gasteiger partial charge < -0.3 is 10.1 Å². The van der Waals surface area contributed by atoms with Crippen molar-refractivity contribution in [3.63, 3.8) is 0 Å². The number of benzene rings is 1. The maximum absolute atomic E-state index is 13.0. The van der Waals surface area contributed by atoms with Crippen molar-refractivity contribution in [2.75, 3.05) is 12.4 Å². The number of nitrogens with one attached hydrogen (secondary N) is 1. The average molecular weight is 223 g/mol. The van der Waals surface area contributed by atoms with E-state index in [2.05, 4.69) is 5.32 Å². The molecule has 2 rings (SSSR count). The molecule has 16 heavy (non-hydrogen) atoms. The summed E-state index contributed by atoms with van der Waals surface area (Å²) in [6.45, 7) is 1.91. The second-order valence-electron chi connectivity index (χ2n) is 4.03. The van der Waals surface area contributed by atoms with Gasteiger partial charge in [-0.2, -0.15) is 0 Å². The standard InChI is InChI=1S/C12H14FNO2/c1-3-12(11(15)16-2)7-8-4-5-9(13)6-10(8)14-12/h4-6,14H,3,7H2,1-2H3. The molecule has 0 amide bonds. The van der Waals surface area contributed by atoms with Gasteiger partial charge >= 0.3 is 5.97 Å². The Kier molecular flexibility index (Phi) is 2.58. The van der Waals surface area contributed by atoms with Crippen molar-refractivity contribution < 1.29 is 13.9 Å². The summed E-state index contributed by atoms with van der Waals surface area (Å²) in [5, 5.41) is 3.07. The molecule has 1 aliphatic heterocycles. The van der Waals surface area contributed by atoms with Crippen molar-refractivity contribution in [3.8, 4) is 0 Å². The molecule has 1 heterocycles. The van der Waals surface area contributed by atoms with Gasteiger partial charge in [0.15, 0.2) is 0 Å². The molecule has 1 unspecified atom stereocenters. The van der Waals surface area contributed by atoms with Crippen LogP contribution in [0.2, 0.25) is 0 Å². The van der Waals surface area contributed by atoms with Crippen molar-refractivity contribution in [1.29, 1.82) is 0 Å².